The van der Waals surface area contributed by atoms with Gasteiger partial charge in [0.25, 0.3) is 0 Å². The molecule has 6 heteroatoms. The van der Waals surface area contributed by atoms with Gasteiger partial charge in [-0.25, -0.2) is 0 Å². The molecule has 2 aromatic rings. The van der Waals surface area contributed by atoms with Crippen LogP contribution >= 0.6 is 11.6 Å². The van der Waals surface area contributed by atoms with Crippen molar-refractivity contribution in [2.75, 3.05) is 6.54 Å². The number of amides is 1. The van der Waals surface area contributed by atoms with E-state index in [1.54, 1.807) is 6.92 Å². The summed E-state index contributed by atoms with van der Waals surface area (Å²) in [6, 6.07) is 7.59. The SMILES string of the molecule is CCN(Cc1cccc(Cl)c1)C(=O)CCCc1nc(C)no1. The molecule has 1 aromatic heterocycles. The molecule has 1 amide bonds. The first kappa shape index (κ1) is 16.5. The van der Waals surface area contributed by atoms with Gasteiger partial charge in [0, 0.05) is 31.0 Å². The molecule has 2 rings (SSSR count). The van der Waals surface area contributed by atoms with Crippen LogP contribution in [0.1, 0.15) is 37.0 Å². The average molecular weight is 322 g/mol. The second-order valence-corrected chi connectivity index (χ2v) is 5.56. The van der Waals surface area contributed by atoms with E-state index in [9.17, 15) is 4.79 Å². The third-order valence-corrected chi connectivity index (χ3v) is 3.58. The molecule has 5 nitrogen and oxygen atoms in total. The lowest BCUT2D eigenvalue weighted by atomic mass is 10.2. The van der Waals surface area contributed by atoms with Crippen molar-refractivity contribution < 1.29 is 9.32 Å². The van der Waals surface area contributed by atoms with Gasteiger partial charge in [0.1, 0.15) is 0 Å². The molecule has 0 radical (unpaired) electrons. The second kappa shape index (κ2) is 7.94. The summed E-state index contributed by atoms with van der Waals surface area (Å²) in [5, 5.41) is 4.42. The Kier molecular flexibility index (Phi) is 5.95. The predicted molar refractivity (Wildman–Crippen MR) is 84.5 cm³/mol. The van der Waals surface area contributed by atoms with Crippen LogP contribution in [0.2, 0.25) is 5.02 Å². The van der Waals surface area contributed by atoms with Crippen molar-refractivity contribution >= 4 is 17.5 Å². The maximum atomic E-state index is 12.3. The lowest BCUT2D eigenvalue weighted by Crippen LogP contribution is -2.30. The molecule has 0 aliphatic rings. The van der Waals surface area contributed by atoms with E-state index in [-0.39, 0.29) is 5.91 Å². The lowest BCUT2D eigenvalue weighted by Gasteiger charge is -2.21. The Balaban J connectivity index is 1.83. The molecule has 0 bridgehead atoms. The molecule has 1 aromatic carbocycles. The maximum absolute atomic E-state index is 12.3. The van der Waals surface area contributed by atoms with Crippen molar-refractivity contribution in [2.45, 2.75) is 39.7 Å². The van der Waals surface area contributed by atoms with E-state index in [0.29, 0.717) is 49.1 Å². The summed E-state index contributed by atoms with van der Waals surface area (Å²) in [7, 11) is 0. The van der Waals surface area contributed by atoms with E-state index in [1.165, 1.54) is 0 Å². The third-order valence-electron chi connectivity index (χ3n) is 3.35. The fourth-order valence-electron chi connectivity index (χ4n) is 2.22. The topological polar surface area (TPSA) is 59.2 Å². The van der Waals surface area contributed by atoms with Crippen molar-refractivity contribution in [3.8, 4) is 0 Å². The Hall–Kier alpha value is -1.88. The first-order valence-electron chi connectivity index (χ1n) is 7.40. The van der Waals surface area contributed by atoms with Crippen molar-refractivity contribution in [1.82, 2.24) is 15.0 Å². The smallest absolute Gasteiger partial charge is 0.226 e. The van der Waals surface area contributed by atoms with E-state index < -0.39 is 0 Å². The minimum atomic E-state index is 0.124. The average Bonchev–Trinajstić information content (AvgIpc) is 2.90. The molecule has 0 unspecified atom stereocenters. The van der Waals surface area contributed by atoms with Gasteiger partial charge in [-0.05, 0) is 38.0 Å². The van der Waals surface area contributed by atoms with Gasteiger partial charge in [-0.3, -0.25) is 4.79 Å². The number of nitrogens with zero attached hydrogens (tertiary/aromatic N) is 3. The number of aromatic nitrogens is 2. The molecule has 0 aliphatic heterocycles. The van der Waals surface area contributed by atoms with Crippen LogP contribution in [0.5, 0.6) is 0 Å². The highest BCUT2D eigenvalue weighted by molar-refractivity contribution is 6.30. The molecular weight excluding hydrogens is 302 g/mol. The molecule has 1 heterocycles. The molecule has 22 heavy (non-hydrogen) atoms. The van der Waals surface area contributed by atoms with E-state index in [0.717, 1.165) is 5.56 Å². The van der Waals surface area contributed by atoms with Crippen molar-refractivity contribution in [1.29, 1.82) is 0 Å². The van der Waals surface area contributed by atoms with Crippen LogP contribution in [0.4, 0.5) is 0 Å². The largest absolute Gasteiger partial charge is 0.339 e. The highest BCUT2D eigenvalue weighted by atomic mass is 35.5. The highest BCUT2D eigenvalue weighted by Gasteiger charge is 2.13. The van der Waals surface area contributed by atoms with Gasteiger partial charge in [0.2, 0.25) is 11.8 Å². The quantitative estimate of drug-likeness (QED) is 0.784. The van der Waals surface area contributed by atoms with Crippen molar-refractivity contribution in [3.05, 3.63) is 46.6 Å². The lowest BCUT2D eigenvalue weighted by molar-refractivity contribution is -0.131. The standard InChI is InChI=1S/C16H20ClN3O2/c1-3-20(11-13-6-4-7-14(17)10-13)16(21)9-5-8-15-18-12(2)19-22-15/h4,6-7,10H,3,5,8-9,11H2,1-2H3. The van der Waals surface area contributed by atoms with Crippen LogP contribution in [0.15, 0.2) is 28.8 Å². The molecule has 0 atom stereocenters. The van der Waals surface area contributed by atoms with Crippen LogP contribution < -0.4 is 0 Å². The van der Waals surface area contributed by atoms with Crippen molar-refractivity contribution in [3.63, 3.8) is 0 Å². The molecule has 0 N–H and O–H groups in total. The van der Waals surface area contributed by atoms with E-state index >= 15 is 0 Å². The number of hydrogen-bond acceptors (Lipinski definition) is 4. The zero-order valence-electron chi connectivity index (χ0n) is 12.9. The van der Waals surface area contributed by atoms with Gasteiger partial charge in [-0.2, -0.15) is 4.98 Å². The van der Waals surface area contributed by atoms with Gasteiger partial charge in [-0.15, -0.1) is 0 Å². The summed E-state index contributed by atoms with van der Waals surface area (Å²) in [6.07, 6.45) is 1.80. The second-order valence-electron chi connectivity index (χ2n) is 5.13. The van der Waals surface area contributed by atoms with E-state index in [4.69, 9.17) is 16.1 Å². The van der Waals surface area contributed by atoms with Crippen LogP contribution in [0, 0.1) is 6.92 Å². The summed E-state index contributed by atoms with van der Waals surface area (Å²) >= 11 is 5.98. The fraction of sp³-hybridized carbons (Fsp3) is 0.438. The first-order valence-corrected chi connectivity index (χ1v) is 7.77. The van der Waals surface area contributed by atoms with Crippen LogP contribution in [0.25, 0.3) is 0 Å². The molecule has 0 spiro atoms. The Morgan fingerprint density at radius 1 is 1.41 bits per heavy atom. The summed E-state index contributed by atoms with van der Waals surface area (Å²) in [4.78, 5) is 18.2. The van der Waals surface area contributed by atoms with Gasteiger partial charge < -0.3 is 9.42 Å². The minimum Gasteiger partial charge on any atom is -0.339 e. The Morgan fingerprint density at radius 2 is 2.23 bits per heavy atom. The van der Waals surface area contributed by atoms with Gasteiger partial charge in [0.05, 0.1) is 0 Å². The Bertz CT molecular complexity index is 627. The summed E-state index contributed by atoms with van der Waals surface area (Å²) < 4.78 is 5.04. The molecule has 0 saturated heterocycles. The Morgan fingerprint density at radius 3 is 2.86 bits per heavy atom. The number of carbonyl (C=O) groups excluding carboxylic acids is 1. The van der Waals surface area contributed by atoms with Gasteiger partial charge in [0.15, 0.2) is 5.82 Å². The first-order chi connectivity index (χ1) is 10.6. The maximum Gasteiger partial charge on any atom is 0.226 e. The monoisotopic (exact) mass is 321 g/mol. The summed E-state index contributed by atoms with van der Waals surface area (Å²) in [5.41, 5.74) is 1.04. The minimum absolute atomic E-state index is 0.124. The molecule has 0 aliphatic carbocycles. The van der Waals surface area contributed by atoms with E-state index in [2.05, 4.69) is 10.1 Å². The highest BCUT2D eigenvalue weighted by Crippen LogP contribution is 2.14. The number of halogens is 1. The van der Waals surface area contributed by atoms with Crippen LogP contribution in [0.3, 0.4) is 0 Å². The zero-order chi connectivity index (χ0) is 15.9. The molecule has 0 fully saturated rings. The predicted octanol–water partition coefficient (Wildman–Crippen LogP) is 3.40. The summed E-state index contributed by atoms with van der Waals surface area (Å²) in [5.74, 6) is 1.33. The number of rotatable bonds is 7. The van der Waals surface area contributed by atoms with E-state index in [1.807, 2.05) is 36.1 Å². The van der Waals surface area contributed by atoms with Crippen LogP contribution in [-0.4, -0.2) is 27.5 Å². The normalized spacial score (nSPS) is 10.7. The fourth-order valence-corrected chi connectivity index (χ4v) is 2.44. The molecular formula is C16H20ClN3O2. The number of hydrogen-bond donors (Lipinski definition) is 0. The third kappa shape index (κ3) is 4.84. The van der Waals surface area contributed by atoms with Crippen molar-refractivity contribution in [2.24, 2.45) is 0 Å². The Labute approximate surface area is 135 Å². The molecule has 0 saturated carbocycles. The zero-order valence-corrected chi connectivity index (χ0v) is 13.6. The number of benzene rings is 1. The number of aryl methyl sites for hydroxylation is 2. The van der Waals surface area contributed by atoms with Gasteiger partial charge >= 0.3 is 0 Å². The van der Waals surface area contributed by atoms with Crippen LogP contribution in [-0.2, 0) is 17.8 Å². The summed E-state index contributed by atoms with van der Waals surface area (Å²) in [6.45, 7) is 5.01. The number of carbonyl (C=O) groups is 1. The van der Waals surface area contributed by atoms with Gasteiger partial charge in [-0.1, -0.05) is 28.9 Å². The molecule has 118 valence electrons.